The van der Waals surface area contributed by atoms with Crippen molar-refractivity contribution in [2.24, 2.45) is 0 Å². The lowest BCUT2D eigenvalue weighted by Crippen LogP contribution is -2.17. The van der Waals surface area contributed by atoms with Gasteiger partial charge in [0.25, 0.3) is 0 Å². The number of rotatable bonds is 5. The third kappa shape index (κ3) is 3.54. The fourth-order valence-electron chi connectivity index (χ4n) is 1.48. The highest BCUT2D eigenvalue weighted by atomic mass is 32.2. The number of hydrogen-bond donors (Lipinski definition) is 0. The Morgan fingerprint density at radius 3 is 2.12 bits per heavy atom. The van der Waals surface area contributed by atoms with E-state index >= 15 is 0 Å². The van der Waals surface area contributed by atoms with Crippen LogP contribution >= 0.6 is 0 Å². The first-order chi connectivity index (χ1) is 7.87. The standard InChI is InChI=1S/C13H21NO2S/c1-5-14(4)10-12-6-8-13(9-7-12)17(15,16)11(2)3/h6-9,11H,5,10H2,1-4H3. The first kappa shape index (κ1) is 14.2. The number of hydrogen-bond acceptors (Lipinski definition) is 3. The van der Waals surface area contributed by atoms with Crippen LogP contribution in [0.1, 0.15) is 26.3 Å². The van der Waals surface area contributed by atoms with Crippen molar-refractivity contribution >= 4 is 9.84 Å². The van der Waals surface area contributed by atoms with Gasteiger partial charge in [0, 0.05) is 6.54 Å². The molecule has 0 aliphatic heterocycles. The van der Waals surface area contributed by atoms with E-state index < -0.39 is 9.84 Å². The van der Waals surface area contributed by atoms with Gasteiger partial charge in [0.2, 0.25) is 0 Å². The summed E-state index contributed by atoms with van der Waals surface area (Å²) in [5, 5.41) is -0.369. The molecule has 0 atom stereocenters. The predicted octanol–water partition coefficient (Wildman–Crippen LogP) is 2.32. The Bertz CT molecular complexity index is 449. The highest BCUT2D eigenvalue weighted by molar-refractivity contribution is 7.92. The van der Waals surface area contributed by atoms with E-state index in [1.165, 1.54) is 0 Å². The van der Waals surface area contributed by atoms with Gasteiger partial charge in [-0.25, -0.2) is 8.42 Å². The molecule has 1 rings (SSSR count). The fraction of sp³-hybridized carbons (Fsp3) is 0.538. The number of nitrogens with zero attached hydrogens (tertiary/aromatic N) is 1. The lowest BCUT2D eigenvalue weighted by Gasteiger charge is -2.14. The van der Waals surface area contributed by atoms with Crippen LogP contribution in [-0.4, -0.2) is 32.2 Å². The molecule has 0 saturated carbocycles. The van der Waals surface area contributed by atoms with Crippen LogP contribution in [0.2, 0.25) is 0 Å². The Kier molecular flexibility index (Phi) is 4.71. The van der Waals surface area contributed by atoms with Crippen molar-refractivity contribution < 1.29 is 8.42 Å². The summed E-state index contributed by atoms with van der Waals surface area (Å²) in [5.74, 6) is 0. The van der Waals surface area contributed by atoms with Crippen LogP contribution < -0.4 is 0 Å². The molecule has 4 heteroatoms. The molecule has 0 amide bonds. The molecule has 0 heterocycles. The van der Waals surface area contributed by atoms with Crippen LogP contribution in [0.4, 0.5) is 0 Å². The maximum absolute atomic E-state index is 11.9. The summed E-state index contributed by atoms with van der Waals surface area (Å²) in [6.45, 7) is 7.32. The van der Waals surface area contributed by atoms with E-state index in [9.17, 15) is 8.42 Å². The molecular weight excluding hydrogens is 234 g/mol. The summed E-state index contributed by atoms with van der Waals surface area (Å²) in [7, 11) is -1.10. The zero-order valence-corrected chi connectivity index (χ0v) is 11.8. The molecule has 1 aromatic rings. The van der Waals surface area contributed by atoms with Crippen LogP contribution in [-0.2, 0) is 16.4 Å². The highest BCUT2D eigenvalue weighted by Crippen LogP contribution is 2.16. The quantitative estimate of drug-likeness (QED) is 0.810. The van der Waals surface area contributed by atoms with Crippen molar-refractivity contribution in [3.8, 4) is 0 Å². The van der Waals surface area contributed by atoms with Gasteiger partial charge >= 0.3 is 0 Å². The molecule has 0 bridgehead atoms. The van der Waals surface area contributed by atoms with Crippen molar-refractivity contribution in [3.05, 3.63) is 29.8 Å². The molecule has 0 radical (unpaired) electrons. The average Bonchev–Trinajstić information content (AvgIpc) is 2.29. The first-order valence-electron chi connectivity index (χ1n) is 5.89. The Labute approximate surface area is 104 Å². The van der Waals surface area contributed by atoms with Gasteiger partial charge in [0.1, 0.15) is 0 Å². The smallest absolute Gasteiger partial charge is 0.180 e. The van der Waals surface area contributed by atoms with E-state index in [1.54, 1.807) is 26.0 Å². The monoisotopic (exact) mass is 255 g/mol. The molecule has 0 unspecified atom stereocenters. The molecule has 17 heavy (non-hydrogen) atoms. The third-order valence-electron chi connectivity index (χ3n) is 2.86. The van der Waals surface area contributed by atoms with E-state index in [4.69, 9.17) is 0 Å². The maximum Gasteiger partial charge on any atom is 0.180 e. The normalized spacial score (nSPS) is 12.4. The maximum atomic E-state index is 11.9. The second kappa shape index (κ2) is 5.65. The van der Waals surface area contributed by atoms with Gasteiger partial charge in [-0.1, -0.05) is 19.1 Å². The van der Waals surface area contributed by atoms with Crippen LogP contribution in [0.25, 0.3) is 0 Å². The van der Waals surface area contributed by atoms with Crippen LogP contribution in [0, 0.1) is 0 Å². The second-order valence-electron chi connectivity index (χ2n) is 4.57. The molecule has 96 valence electrons. The zero-order chi connectivity index (χ0) is 13.1. The molecule has 0 aromatic heterocycles. The predicted molar refractivity (Wildman–Crippen MR) is 70.8 cm³/mol. The summed E-state index contributed by atoms with van der Waals surface area (Å²) >= 11 is 0. The molecule has 1 aromatic carbocycles. The van der Waals surface area contributed by atoms with Crippen molar-refractivity contribution in [3.63, 3.8) is 0 Å². The second-order valence-corrected chi connectivity index (χ2v) is 7.07. The minimum Gasteiger partial charge on any atom is -0.302 e. The first-order valence-corrected chi connectivity index (χ1v) is 7.44. The lowest BCUT2D eigenvalue weighted by molar-refractivity contribution is 0.345. The van der Waals surface area contributed by atoms with E-state index in [1.807, 2.05) is 19.2 Å². The minimum atomic E-state index is -3.14. The van der Waals surface area contributed by atoms with Gasteiger partial charge in [-0.15, -0.1) is 0 Å². The molecule has 0 spiro atoms. The highest BCUT2D eigenvalue weighted by Gasteiger charge is 2.18. The van der Waals surface area contributed by atoms with Gasteiger partial charge in [0.15, 0.2) is 9.84 Å². The molecule has 0 aliphatic carbocycles. The average molecular weight is 255 g/mol. The SMILES string of the molecule is CCN(C)Cc1ccc(S(=O)(=O)C(C)C)cc1. The fourth-order valence-corrected chi connectivity index (χ4v) is 2.54. The molecule has 0 aliphatic rings. The van der Waals surface area contributed by atoms with E-state index in [0.717, 1.165) is 18.7 Å². The van der Waals surface area contributed by atoms with Gasteiger partial charge in [0.05, 0.1) is 10.1 Å². The molecular formula is C13H21NO2S. The van der Waals surface area contributed by atoms with Crippen LogP contribution in [0.3, 0.4) is 0 Å². The molecule has 3 nitrogen and oxygen atoms in total. The number of benzene rings is 1. The zero-order valence-electron chi connectivity index (χ0n) is 11.0. The van der Waals surface area contributed by atoms with E-state index in [-0.39, 0.29) is 5.25 Å². The minimum absolute atomic E-state index is 0.369. The topological polar surface area (TPSA) is 37.4 Å². The summed E-state index contributed by atoms with van der Waals surface area (Å²) in [5.41, 5.74) is 1.14. The number of sulfone groups is 1. The Morgan fingerprint density at radius 1 is 1.18 bits per heavy atom. The van der Waals surface area contributed by atoms with E-state index in [2.05, 4.69) is 11.8 Å². The molecule has 0 fully saturated rings. The van der Waals surface area contributed by atoms with Gasteiger partial charge in [-0.2, -0.15) is 0 Å². The summed E-state index contributed by atoms with van der Waals surface area (Å²) in [6, 6.07) is 7.19. The van der Waals surface area contributed by atoms with Crippen molar-refractivity contribution in [2.45, 2.75) is 37.5 Å². The summed E-state index contributed by atoms with van der Waals surface area (Å²) in [4.78, 5) is 2.58. The molecule has 0 saturated heterocycles. The van der Waals surface area contributed by atoms with Crippen molar-refractivity contribution in [1.82, 2.24) is 4.90 Å². The van der Waals surface area contributed by atoms with Gasteiger partial charge in [-0.3, -0.25) is 0 Å². The Hall–Kier alpha value is -0.870. The van der Waals surface area contributed by atoms with Crippen LogP contribution in [0.15, 0.2) is 29.2 Å². The van der Waals surface area contributed by atoms with Gasteiger partial charge in [-0.05, 0) is 45.1 Å². The largest absolute Gasteiger partial charge is 0.302 e. The van der Waals surface area contributed by atoms with Crippen LogP contribution in [0.5, 0.6) is 0 Å². The van der Waals surface area contributed by atoms with E-state index in [0.29, 0.717) is 4.90 Å². The Balaban J connectivity index is 2.89. The van der Waals surface area contributed by atoms with Crippen molar-refractivity contribution in [1.29, 1.82) is 0 Å². The third-order valence-corrected chi connectivity index (χ3v) is 5.04. The molecule has 0 N–H and O–H groups in total. The summed E-state index contributed by atoms with van der Waals surface area (Å²) in [6.07, 6.45) is 0. The lowest BCUT2D eigenvalue weighted by atomic mass is 10.2. The van der Waals surface area contributed by atoms with Gasteiger partial charge < -0.3 is 4.90 Å². The summed E-state index contributed by atoms with van der Waals surface area (Å²) < 4.78 is 23.8. The van der Waals surface area contributed by atoms with Crippen molar-refractivity contribution in [2.75, 3.05) is 13.6 Å². The Morgan fingerprint density at radius 2 is 1.71 bits per heavy atom.